The molecule has 4 rings (SSSR count). The maximum atomic E-state index is 13.1. The number of carbonyl (C=O) groups excluding carboxylic acids is 3. The summed E-state index contributed by atoms with van der Waals surface area (Å²) in [7, 11) is 0. The van der Waals surface area contributed by atoms with Crippen molar-refractivity contribution in [1.29, 1.82) is 0 Å². The Kier molecular flexibility index (Phi) is 6.50. The van der Waals surface area contributed by atoms with Crippen LogP contribution in [0.3, 0.4) is 0 Å². The molecule has 1 N–H and O–H groups in total. The number of aryl methyl sites for hydroxylation is 1. The molecule has 2 amide bonds. The van der Waals surface area contributed by atoms with Gasteiger partial charge in [0.1, 0.15) is 5.69 Å². The monoisotopic (exact) mass is 451 g/mol. The van der Waals surface area contributed by atoms with E-state index in [1.807, 2.05) is 37.3 Å². The molecule has 1 aromatic heterocycles. The van der Waals surface area contributed by atoms with Crippen LogP contribution in [0, 0.1) is 12.8 Å². The Balaban J connectivity index is 1.51. The first kappa shape index (κ1) is 22.0. The first-order valence-corrected chi connectivity index (χ1v) is 11.5. The zero-order chi connectivity index (χ0) is 22.7. The van der Waals surface area contributed by atoms with Crippen LogP contribution in [-0.2, 0) is 9.53 Å². The third kappa shape index (κ3) is 4.50. The van der Waals surface area contributed by atoms with E-state index in [4.69, 9.17) is 4.74 Å². The summed E-state index contributed by atoms with van der Waals surface area (Å²) in [5.74, 6) is -1.02. The first-order chi connectivity index (χ1) is 15.5. The number of esters is 1. The van der Waals surface area contributed by atoms with Gasteiger partial charge in [0, 0.05) is 29.7 Å². The molecule has 2 aromatic carbocycles. The summed E-state index contributed by atoms with van der Waals surface area (Å²) in [6.07, 6.45) is 1.47. The minimum absolute atomic E-state index is 0.159. The Hall–Kier alpha value is -3.26. The molecule has 1 fully saturated rings. The molecule has 0 spiro atoms. The molecule has 2 heterocycles. The number of nitrogens with zero attached hydrogens (tertiary/aromatic N) is 2. The molecule has 3 aromatic rings. The molecule has 8 heteroatoms. The average molecular weight is 452 g/mol. The highest BCUT2D eigenvalue weighted by Gasteiger charge is 2.30. The van der Waals surface area contributed by atoms with Gasteiger partial charge in [-0.2, -0.15) is 4.37 Å². The molecule has 1 saturated heterocycles. The molecule has 0 saturated carbocycles. The second-order valence-electron chi connectivity index (χ2n) is 7.85. The Morgan fingerprint density at radius 2 is 2.03 bits per heavy atom. The highest BCUT2D eigenvalue weighted by atomic mass is 32.1. The number of amides is 2. The van der Waals surface area contributed by atoms with Crippen LogP contribution in [0.2, 0.25) is 0 Å². The zero-order valence-corrected chi connectivity index (χ0v) is 18.9. The van der Waals surface area contributed by atoms with Crippen LogP contribution in [0.1, 0.15) is 46.2 Å². The van der Waals surface area contributed by atoms with Crippen molar-refractivity contribution in [1.82, 2.24) is 9.27 Å². The maximum absolute atomic E-state index is 13.1. The topological polar surface area (TPSA) is 88.6 Å². The highest BCUT2D eigenvalue weighted by molar-refractivity contribution is 7.13. The number of fused-ring (bicyclic) bond motifs is 1. The maximum Gasteiger partial charge on any atom is 0.310 e. The minimum Gasteiger partial charge on any atom is -0.466 e. The molecular weight excluding hydrogens is 426 g/mol. The Bertz CT molecular complexity index is 1170. The van der Waals surface area contributed by atoms with Gasteiger partial charge in [0.15, 0.2) is 0 Å². The van der Waals surface area contributed by atoms with Crippen LogP contribution >= 0.6 is 11.5 Å². The summed E-state index contributed by atoms with van der Waals surface area (Å²) in [5, 5.41) is 3.71. The number of benzene rings is 2. The fourth-order valence-electron chi connectivity index (χ4n) is 3.92. The third-order valence-electron chi connectivity index (χ3n) is 5.65. The molecule has 0 bridgehead atoms. The number of ether oxygens (including phenoxy) is 1. The van der Waals surface area contributed by atoms with Gasteiger partial charge >= 0.3 is 5.97 Å². The lowest BCUT2D eigenvalue weighted by Gasteiger charge is -2.31. The number of anilines is 1. The van der Waals surface area contributed by atoms with Crippen molar-refractivity contribution >= 4 is 45.1 Å². The van der Waals surface area contributed by atoms with Crippen molar-refractivity contribution in [3.05, 3.63) is 59.3 Å². The van der Waals surface area contributed by atoms with Crippen molar-refractivity contribution in [3.63, 3.8) is 0 Å². The van der Waals surface area contributed by atoms with E-state index < -0.39 is 0 Å². The fourth-order valence-corrected chi connectivity index (χ4v) is 4.69. The van der Waals surface area contributed by atoms with Gasteiger partial charge in [-0.05, 0) is 62.0 Å². The van der Waals surface area contributed by atoms with Gasteiger partial charge < -0.3 is 15.0 Å². The summed E-state index contributed by atoms with van der Waals surface area (Å²) >= 11 is 1.28. The summed E-state index contributed by atoms with van der Waals surface area (Å²) in [6.45, 7) is 4.92. The Morgan fingerprint density at radius 1 is 1.22 bits per heavy atom. The number of aromatic nitrogens is 1. The molecular formula is C24H25N3O4S. The van der Waals surface area contributed by atoms with Gasteiger partial charge in [0.2, 0.25) is 0 Å². The number of rotatable bonds is 5. The molecule has 7 nitrogen and oxygen atoms in total. The van der Waals surface area contributed by atoms with Crippen LogP contribution in [0.4, 0.5) is 5.69 Å². The summed E-state index contributed by atoms with van der Waals surface area (Å²) in [4.78, 5) is 39.8. The van der Waals surface area contributed by atoms with E-state index >= 15 is 0 Å². The lowest BCUT2D eigenvalue weighted by Crippen LogP contribution is -2.42. The predicted octanol–water partition coefficient (Wildman–Crippen LogP) is 4.27. The Morgan fingerprint density at radius 3 is 2.84 bits per heavy atom. The summed E-state index contributed by atoms with van der Waals surface area (Å²) in [6, 6.07) is 12.8. The van der Waals surface area contributed by atoms with Crippen LogP contribution in [-0.4, -0.2) is 46.8 Å². The van der Waals surface area contributed by atoms with Crippen LogP contribution < -0.4 is 5.32 Å². The lowest BCUT2D eigenvalue weighted by molar-refractivity contribution is -0.149. The smallest absolute Gasteiger partial charge is 0.310 e. The van der Waals surface area contributed by atoms with E-state index in [1.165, 1.54) is 11.5 Å². The van der Waals surface area contributed by atoms with Gasteiger partial charge in [-0.1, -0.05) is 24.3 Å². The van der Waals surface area contributed by atoms with Crippen molar-refractivity contribution in [2.24, 2.45) is 5.92 Å². The lowest BCUT2D eigenvalue weighted by atomic mass is 9.97. The van der Waals surface area contributed by atoms with Crippen LogP contribution in [0.5, 0.6) is 0 Å². The number of likely N-dealkylation sites (tertiary alicyclic amines) is 1. The van der Waals surface area contributed by atoms with Gasteiger partial charge in [-0.3, -0.25) is 14.4 Å². The van der Waals surface area contributed by atoms with Crippen molar-refractivity contribution in [2.45, 2.75) is 26.7 Å². The summed E-state index contributed by atoms with van der Waals surface area (Å²) < 4.78 is 10.4. The first-order valence-electron chi connectivity index (χ1n) is 10.7. The largest absolute Gasteiger partial charge is 0.466 e. The van der Waals surface area contributed by atoms with Gasteiger partial charge in [0.05, 0.1) is 17.2 Å². The van der Waals surface area contributed by atoms with Crippen LogP contribution in [0.15, 0.2) is 42.5 Å². The van der Waals surface area contributed by atoms with Crippen molar-refractivity contribution < 1.29 is 19.1 Å². The second kappa shape index (κ2) is 9.48. The van der Waals surface area contributed by atoms with Gasteiger partial charge in [0.25, 0.3) is 11.8 Å². The number of nitrogens with one attached hydrogen (secondary N) is 1. The van der Waals surface area contributed by atoms with Crippen molar-refractivity contribution in [2.75, 3.05) is 25.0 Å². The van der Waals surface area contributed by atoms with E-state index in [2.05, 4.69) is 9.69 Å². The standard InChI is InChI=1S/C24H25N3O4S/c1-3-31-24(30)17-7-6-12-27(14-17)23(29)16-11-10-15(2)19(13-16)25-22(28)21-18-8-4-5-9-20(18)32-26-21/h4-5,8-11,13,17H,3,6-7,12,14H2,1-2H3,(H,25,28)/t17-/m1/s1. The summed E-state index contributed by atoms with van der Waals surface area (Å²) in [5.41, 5.74) is 2.25. The molecule has 0 aliphatic carbocycles. The van der Waals surface area contributed by atoms with E-state index in [1.54, 1.807) is 24.0 Å². The van der Waals surface area contributed by atoms with E-state index in [0.29, 0.717) is 36.6 Å². The minimum atomic E-state index is -0.310. The molecule has 166 valence electrons. The Labute approximate surface area is 190 Å². The van der Waals surface area contributed by atoms with Gasteiger partial charge in [-0.15, -0.1) is 0 Å². The van der Waals surface area contributed by atoms with Crippen LogP contribution in [0.25, 0.3) is 10.1 Å². The number of hydrogen-bond donors (Lipinski definition) is 1. The molecule has 1 aliphatic heterocycles. The zero-order valence-electron chi connectivity index (χ0n) is 18.1. The molecule has 0 unspecified atom stereocenters. The van der Waals surface area contributed by atoms with Crippen molar-refractivity contribution in [3.8, 4) is 0 Å². The molecule has 1 atom stereocenters. The van der Waals surface area contributed by atoms with E-state index in [0.717, 1.165) is 28.5 Å². The normalized spacial score (nSPS) is 16.1. The molecule has 32 heavy (non-hydrogen) atoms. The average Bonchev–Trinajstić information content (AvgIpc) is 3.24. The fraction of sp³-hybridized carbons (Fsp3) is 0.333. The number of hydrogen-bond acceptors (Lipinski definition) is 6. The predicted molar refractivity (Wildman–Crippen MR) is 124 cm³/mol. The van der Waals surface area contributed by atoms with E-state index in [9.17, 15) is 14.4 Å². The quantitative estimate of drug-likeness (QED) is 0.585. The second-order valence-corrected chi connectivity index (χ2v) is 8.66. The highest BCUT2D eigenvalue weighted by Crippen LogP contribution is 2.25. The number of carbonyl (C=O) groups is 3. The van der Waals surface area contributed by atoms with E-state index in [-0.39, 0.29) is 23.7 Å². The van der Waals surface area contributed by atoms with Gasteiger partial charge in [-0.25, -0.2) is 0 Å². The SMILES string of the molecule is CCOC(=O)[C@@H]1CCCN(C(=O)c2ccc(C)c(NC(=O)c3nsc4ccccc34)c2)C1. The molecule has 1 aliphatic rings. The third-order valence-corrected chi connectivity index (χ3v) is 6.48. The molecule has 0 radical (unpaired) electrons. The number of piperidine rings is 1.